The molecule has 0 spiro atoms. The maximum atomic E-state index is 10.1. The Labute approximate surface area is 41.9 Å². The van der Waals surface area contributed by atoms with Crippen molar-refractivity contribution in [3.63, 3.8) is 0 Å². The summed E-state index contributed by atoms with van der Waals surface area (Å²) in [6.45, 7) is 1.90. The van der Waals surface area contributed by atoms with Gasteiger partial charge in [0.05, 0.1) is 6.26 Å². The average Bonchev–Trinajstić information content (AvgIpc) is 1.35. The first-order valence-corrected chi connectivity index (χ1v) is 3.58. The Morgan fingerprint density at radius 3 is 2.33 bits per heavy atom. The van der Waals surface area contributed by atoms with Crippen LogP contribution in [0.4, 0.5) is 0 Å². The van der Waals surface area contributed by atoms with E-state index in [0.717, 1.165) is 5.75 Å². The molecule has 0 N–H and O–H groups in total. The van der Waals surface area contributed by atoms with Crippen LogP contribution in [0.1, 0.15) is 6.92 Å². The van der Waals surface area contributed by atoms with Gasteiger partial charge < -0.3 is 4.55 Å². The summed E-state index contributed by atoms with van der Waals surface area (Å²) in [5.41, 5.74) is 0. The highest BCUT2D eigenvalue weighted by Gasteiger charge is 1.88. The lowest BCUT2D eigenvalue weighted by Crippen LogP contribution is -2.00. The topological polar surface area (TPSA) is 23.1 Å². The molecule has 0 aromatic heterocycles. The summed E-state index contributed by atoms with van der Waals surface area (Å²) in [5.74, 6) is 0.722. The van der Waals surface area contributed by atoms with Gasteiger partial charge in [-0.25, -0.2) is 0 Å². The summed E-state index contributed by atoms with van der Waals surface area (Å²) in [6.07, 6.45) is 3.59. The predicted octanol–water partition coefficient (Wildman–Crippen LogP) is 0.589. The Kier molecular flexibility index (Phi) is 3.68. The average molecular weight is 105 g/mol. The van der Waals surface area contributed by atoms with Gasteiger partial charge in [0.1, 0.15) is 5.75 Å². The molecule has 0 bridgehead atoms. The predicted molar refractivity (Wildman–Crippen MR) is 28.9 cm³/mol. The van der Waals surface area contributed by atoms with Crippen molar-refractivity contribution >= 4 is 11.2 Å². The summed E-state index contributed by atoms with van der Waals surface area (Å²) in [6, 6.07) is 0. The molecular weight excluding hydrogens is 96.1 g/mol. The molecule has 0 aromatic carbocycles. The van der Waals surface area contributed by atoms with Crippen molar-refractivity contribution in [2.45, 2.75) is 6.92 Å². The van der Waals surface area contributed by atoms with Crippen LogP contribution in [0, 0.1) is 6.42 Å². The molecule has 1 atom stereocenters. The van der Waals surface area contributed by atoms with Gasteiger partial charge in [-0.2, -0.15) is 0 Å². The van der Waals surface area contributed by atoms with Crippen molar-refractivity contribution in [2.75, 3.05) is 12.0 Å². The van der Waals surface area contributed by atoms with Crippen LogP contribution in [0.25, 0.3) is 0 Å². The molecule has 0 unspecified atom stereocenters. The van der Waals surface area contributed by atoms with Gasteiger partial charge >= 0.3 is 0 Å². The van der Waals surface area contributed by atoms with Crippen LogP contribution in [-0.2, 0) is 11.2 Å². The van der Waals surface area contributed by atoms with Gasteiger partial charge in [0.15, 0.2) is 0 Å². The fraction of sp³-hybridized carbons (Fsp3) is 0.750. The third kappa shape index (κ3) is 4.31. The Balaban J connectivity index is 2.63. The molecule has 6 heavy (non-hydrogen) atoms. The Morgan fingerprint density at radius 2 is 2.33 bits per heavy atom. The zero-order chi connectivity index (χ0) is 4.99. The van der Waals surface area contributed by atoms with E-state index in [1.165, 1.54) is 0 Å². The number of hydrogen-bond donors (Lipinski definition) is 0. The standard InChI is InChI=1S/C4H9OS/c1-3-4-6(2)5/h3H,4H2,1-2H3/t6-/m1/s1. The van der Waals surface area contributed by atoms with Crippen molar-refractivity contribution in [3.05, 3.63) is 6.42 Å². The van der Waals surface area contributed by atoms with E-state index in [4.69, 9.17) is 0 Å². The summed E-state index contributed by atoms with van der Waals surface area (Å²) < 4.78 is 10.1. The van der Waals surface area contributed by atoms with Crippen LogP contribution >= 0.6 is 0 Å². The summed E-state index contributed by atoms with van der Waals surface area (Å²) in [4.78, 5) is 0. The Bertz CT molecular complexity index is 28.7. The molecule has 2 heteroatoms. The van der Waals surface area contributed by atoms with E-state index in [1.807, 2.05) is 13.3 Å². The SMILES string of the molecule is C[CH]C[S@@+](C)[O-]. The van der Waals surface area contributed by atoms with E-state index in [-0.39, 0.29) is 0 Å². The molecule has 0 saturated carbocycles. The molecule has 0 aliphatic heterocycles. The van der Waals surface area contributed by atoms with Crippen LogP contribution in [0.15, 0.2) is 0 Å². The summed E-state index contributed by atoms with van der Waals surface area (Å²) in [7, 11) is 0. The fourth-order valence-corrected chi connectivity index (χ4v) is 0.704. The third-order valence-electron chi connectivity index (χ3n) is 0.401. The first kappa shape index (κ1) is 6.31. The van der Waals surface area contributed by atoms with Crippen molar-refractivity contribution < 1.29 is 4.55 Å². The molecule has 1 nitrogen and oxygen atoms in total. The third-order valence-corrected chi connectivity index (χ3v) is 1.20. The smallest absolute Gasteiger partial charge is 0.108 e. The molecule has 0 amide bonds. The monoisotopic (exact) mass is 105 g/mol. The van der Waals surface area contributed by atoms with Crippen LogP contribution in [0.2, 0.25) is 0 Å². The number of rotatable bonds is 2. The molecule has 0 saturated heterocycles. The van der Waals surface area contributed by atoms with Crippen LogP contribution in [0.5, 0.6) is 0 Å². The van der Waals surface area contributed by atoms with Crippen LogP contribution in [0.3, 0.4) is 0 Å². The van der Waals surface area contributed by atoms with E-state index >= 15 is 0 Å². The zero-order valence-electron chi connectivity index (χ0n) is 4.10. The van der Waals surface area contributed by atoms with Crippen molar-refractivity contribution in [2.24, 2.45) is 0 Å². The molecule has 0 aromatic rings. The van der Waals surface area contributed by atoms with E-state index in [2.05, 4.69) is 0 Å². The lowest BCUT2D eigenvalue weighted by molar-refractivity contribution is 0.602. The highest BCUT2D eigenvalue weighted by molar-refractivity contribution is 7.90. The largest absolute Gasteiger partial charge is 0.617 e. The highest BCUT2D eigenvalue weighted by atomic mass is 32.2. The van der Waals surface area contributed by atoms with Gasteiger partial charge in [0.2, 0.25) is 0 Å². The van der Waals surface area contributed by atoms with Crippen molar-refractivity contribution in [3.8, 4) is 0 Å². The minimum Gasteiger partial charge on any atom is -0.617 e. The first-order chi connectivity index (χ1) is 2.77. The molecule has 0 heterocycles. The second-order valence-electron chi connectivity index (χ2n) is 1.15. The summed E-state index contributed by atoms with van der Waals surface area (Å²) in [5, 5.41) is 0. The zero-order valence-corrected chi connectivity index (χ0v) is 4.92. The fourth-order valence-electron chi connectivity index (χ4n) is 0.235. The van der Waals surface area contributed by atoms with Crippen molar-refractivity contribution in [1.82, 2.24) is 0 Å². The summed E-state index contributed by atoms with van der Waals surface area (Å²) >= 11 is -0.621. The molecular formula is C4H9OS. The minimum absolute atomic E-state index is 0.621. The van der Waals surface area contributed by atoms with E-state index in [0.29, 0.717) is 0 Å². The van der Waals surface area contributed by atoms with Crippen LogP contribution < -0.4 is 0 Å². The van der Waals surface area contributed by atoms with Crippen molar-refractivity contribution in [1.29, 1.82) is 0 Å². The van der Waals surface area contributed by atoms with E-state index in [9.17, 15) is 4.55 Å². The lowest BCUT2D eigenvalue weighted by atomic mass is 10.6. The normalized spacial score (nSPS) is 14.5. The van der Waals surface area contributed by atoms with E-state index in [1.54, 1.807) is 6.26 Å². The van der Waals surface area contributed by atoms with Gasteiger partial charge in [-0.1, -0.05) is 18.1 Å². The second kappa shape index (κ2) is 3.50. The maximum absolute atomic E-state index is 10.1. The van der Waals surface area contributed by atoms with Gasteiger partial charge in [-0.15, -0.1) is 0 Å². The molecule has 37 valence electrons. The van der Waals surface area contributed by atoms with Crippen LogP contribution in [-0.4, -0.2) is 16.6 Å². The maximum Gasteiger partial charge on any atom is 0.108 e. The Morgan fingerprint density at radius 1 is 1.83 bits per heavy atom. The molecule has 0 aliphatic carbocycles. The molecule has 0 rings (SSSR count). The van der Waals surface area contributed by atoms with Gasteiger partial charge in [0.25, 0.3) is 0 Å². The van der Waals surface area contributed by atoms with E-state index < -0.39 is 11.2 Å². The van der Waals surface area contributed by atoms with Gasteiger partial charge in [-0.05, 0) is 0 Å². The number of hydrogen-bond acceptors (Lipinski definition) is 1. The van der Waals surface area contributed by atoms with Gasteiger partial charge in [-0.3, -0.25) is 0 Å². The van der Waals surface area contributed by atoms with Gasteiger partial charge in [0, 0.05) is 6.42 Å². The highest BCUT2D eigenvalue weighted by Crippen LogP contribution is 1.82. The first-order valence-electron chi connectivity index (χ1n) is 1.85. The molecule has 0 aliphatic rings. The lowest BCUT2D eigenvalue weighted by Gasteiger charge is -1.98. The Hall–Kier alpha value is 0.310. The minimum atomic E-state index is -0.621. The quantitative estimate of drug-likeness (QED) is 0.471. The second-order valence-corrected chi connectivity index (χ2v) is 2.63. The molecule has 0 fully saturated rings. The molecule has 1 radical (unpaired) electrons.